The minimum Gasteiger partial charge on any atom is -0.481 e. The van der Waals surface area contributed by atoms with Crippen LogP contribution in [0.15, 0.2) is 60.7 Å². The summed E-state index contributed by atoms with van der Waals surface area (Å²) in [6.07, 6.45) is 0.0616. The molecule has 2 rings (SSSR count). The maximum Gasteiger partial charge on any atom is 0.303 e. The van der Waals surface area contributed by atoms with E-state index < -0.39 is 5.97 Å². The van der Waals surface area contributed by atoms with Crippen molar-refractivity contribution in [3.05, 3.63) is 71.8 Å². The van der Waals surface area contributed by atoms with Gasteiger partial charge in [-0.15, -0.1) is 0 Å². The van der Waals surface area contributed by atoms with Crippen molar-refractivity contribution in [2.24, 2.45) is 11.7 Å². The summed E-state index contributed by atoms with van der Waals surface area (Å²) in [5.41, 5.74) is 8.31. The molecule has 0 aliphatic carbocycles. The molecule has 110 valence electrons. The Morgan fingerprint density at radius 1 is 1.00 bits per heavy atom. The highest BCUT2D eigenvalue weighted by Crippen LogP contribution is 2.35. The number of carboxylic acids is 1. The van der Waals surface area contributed by atoms with Crippen LogP contribution in [0.5, 0.6) is 0 Å². The molecule has 3 N–H and O–H groups in total. The molecule has 0 amide bonds. The minimum absolute atomic E-state index is 0.0106. The van der Waals surface area contributed by atoms with Crippen LogP contribution in [0.3, 0.4) is 0 Å². The van der Waals surface area contributed by atoms with E-state index in [1.54, 1.807) is 0 Å². The predicted molar refractivity (Wildman–Crippen MR) is 84.1 cm³/mol. The van der Waals surface area contributed by atoms with E-state index in [0.29, 0.717) is 0 Å². The molecule has 2 atom stereocenters. The van der Waals surface area contributed by atoms with E-state index in [0.717, 1.165) is 11.1 Å². The van der Waals surface area contributed by atoms with Crippen LogP contribution >= 0.6 is 0 Å². The van der Waals surface area contributed by atoms with Gasteiger partial charge in [0.05, 0.1) is 6.42 Å². The van der Waals surface area contributed by atoms with Crippen molar-refractivity contribution in [1.29, 1.82) is 0 Å². The van der Waals surface area contributed by atoms with Crippen molar-refractivity contribution in [3.63, 3.8) is 0 Å². The Hall–Kier alpha value is -2.13. The average Bonchev–Trinajstić information content (AvgIpc) is 2.48. The number of nitrogens with two attached hydrogens (primary N) is 1. The molecule has 0 spiro atoms. The molecular formula is C18H21NO2. The van der Waals surface area contributed by atoms with Gasteiger partial charge in [-0.25, -0.2) is 0 Å². The van der Waals surface area contributed by atoms with Gasteiger partial charge in [-0.1, -0.05) is 60.7 Å². The van der Waals surface area contributed by atoms with Gasteiger partial charge in [-0.05, 0) is 24.0 Å². The molecule has 2 aromatic rings. The van der Waals surface area contributed by atoms with E-state index in [9.17, 15) is 9.90 Å². The van der Waals surface area contributed by atoms with Gasteiger partial charge < -0.3 is 10.8 Å². The zero-order valence-corrected chi connectivity index (χ0v) is 12.1. The number of carbonyl (C=O) groups is 1. The second kappa shape index (κ2) is 7.04. The molecule has 0 aromatic heterocycles. The third-order valence-electron chi connectivity index (χ3n) is 3.83. The van der Waals surface area contributed by atoms with Gasteiger partial charge in [0.15, 0.2) is 0 Å². The highest BCUT2D eigenvalue weighted by molar-refractivity contribution is 5.67. The normalized spacial score (nSPS) is 13.9. The van der Waals surface area contributed by atoms with Crippen molar-refractivity contribution >= 4 is 5.97 Å². The van der Waals surface area contributed by atoms with Gasteiger partial charge in [0.1, 0.15) is 0 Å². The Labute approximate surface area is 125 Å². The van der Waals surface area contributed by atoms with Crippen LogP contribution < -0.4 is 5.73 Å². The van der Waals surface area contributed by atoms with Crippen LogP contribution in [-0.4, -0.2) is 17.1 Å². The molecule has 0 saturated heterocycles. The minimum atomic E-state index is -0.811. The number of hydrogen-bond donors (Lipinski definition) is 2. The van der Waals surface area contributed by atoms with Gasteiger partial charge in [0.2, 0.25) is 0 Å². The van der Waals surface area contributed by atoms with E-state index in [2.05, 4.69) is 0 Å². The molecule has 0 bridgehead atoms. The second-order valence-corrected chi connectivity index (χ2v) is 5.42. The van der Waals surface area contributed by atoms with Crippen molar-refractivity contribution in [2.45, 2.75) is 25.3 Å². The lowest BCUT2D eigenvalue weighted by Crippen LogP contribution is -2.33. The molecule has 0 heterocycles. The first-order chi connectivity index (χ1) is 10.1. The molecule has 21 heavy (non-hydrogen) atoms. The molecule has 0 aliphatic rings. The SMILES string of the molecule is CC(N)C(CC(=O)O)C(c1ccccc1)c1ccccc1. The van der Waals surface area contributed by atoms with Crippen LogP contribution in [0.4, 0.5) is 0 Å². The van der Waals surface area contributed by atoms with Crippen LogP contribution in [0, 0.1) is 5.92 Å². The van der Waals surface area contributed by atoms with E-state index in [-0.39, 0.29) is 24.3 Å². The van der Waals surface area contributed by atoms with E-state index in [1.165, 1.54) is 0 Å². The van der Waals surface area contributed by atoms with E-state index >= 15 is 0 Å². The largest absolute Gasteiger partial charge is 0.481 e. The lowest BCUT2D eigenvalue weighted by atomic mass is 9.76. The maximum absolute atomic E-state index is 11.2. The standard InChI is InChI=1S/C18H21NO2/c1-13(19)16(12-17(20)21)18(14-8-4-2-5-9-14)15-10-6-3-7-11-15/h2-11,13,16,18H,12,19H2,1H3,(H,20,21). The molecule has 3 heteroatoms. The molecule has 0 saturated carbocycles. The van der Waals surface area contributed by atoms with Gasteiger partial charge in [-0.3, -0.25) is 4.79 Å². The summed E-state index contributed by atoms with van der Waals surface area (Å²) in [6, 6.07) is 19.8. The van der Waals surface area contributed by atoms with Crippen molar-refractivity contribution in [3.8, 4) is 0 Å². The first-order valence-corrected chi connectivity index (χ1v) is 7.17. The van der Waals surface area contributed by atoms with E-state index in [1.807, 2.05) is 67.6 Å². The molecule has 2 aromatic carbocycles. The highest BCUT2D eigenvalue weighted by atomic mass is 16.4. The van der Waals surface area contributed by atoms with Gasteiger partial charge in [-0.2, -0.15) is 0 Å². The van der Waals surface area contributed by atoms with Crippen LogP contribution in [0.25, 0.3) is 0 Å². The molecule has 0 aliphatic heterocycles. The summed E-state index contributed by atoms with van der Waals surface area (Å²) in [6.45, 7) is 1.88. The number of rotatable bonds is 6. The Morgan fingerprint density at radius 2 is 1.43 bits per heavy atom. The van der Waals surface area contributed by atoms with Crippen LogP contribution in [-0.2, 0) is 4.79 Å². The fourth-order valence-electron chi connectivity index (χ4n) is 2.82. The smallest absolute Gasteiger partial charge is 0.303 e. The zero-order chi connectivity index (χ0) is 15.2. The summed E-state index contributed by atoms with van der Waals surface area (Å²) in [5, 5.41) is 9.22. The summed E-state index contributed by atoms with van der Waals surface area (Å²) in [7, 11) is 0. The zero-order valence-electron chi connectivity index (χ0n) is 12.1. The Bertz CT molecular complexity index is 527. The molecular weight excluding hydrogens is 262 g/mol. The highest BCUT2D eigenvalue weighted by Gasteiger charge is 2.29. The fourth-order valence-corrected chi connectivity index (χ4v) is 2.82. The fraction of sp³-hybridized carbons (Fsp3) is 0.278. The predicted octanol–water partition coefficient (Wildman–Crippen LogP) is 3.26. The van der Waals surface area contributed by atoms with Gasteiger partial charge in [0, 0.05) is 12.0 Å². The van der Waals surface area contributed by atoms with Crippen LogP contribution in [0.1, 0.15) is 30.4 Å². The monoisotopic (exact) mass is 283 g/mol. The van der Waals surface area contributed by atoms with Gasteiger partial charge >= 0.3 is 5.97 Å². The van der Waals surface area contributed by atoms with Gasteiger partial charge in [0.25, 0.3) is 0 Å². The molecule has 0 fully saturated rings. The summed E-state index contributed by atoms with van der Waals surface area (Å²) in [5.74, 6) is -0.968. The van der Waals surface area contributed by atoms with Crippen molar-refractivity contribution in [1.82, 2.24) is 0 Å². The lowest BCUT2D eigenvalue weighted by molar-refractivity contribution is -0.138. The molecule has 3 nitrogen and oxygen atoms in total. The van der Waals surface area contributed by atoms with Crippen LogP contribution in [0.2, 0.25) is 0 Å². The number of hydrogen-bond acceptors (Lipinski definition) is 2. The number of carboxylic acid groups (broad SMARTS) is 1. The summed E-state index contributed by atoms with van der Waals surface area (Å²) < 4.78 is 0. The maximum atomic E-state index is 11.2. The summed E-state index contributed by atoms with van der Waals surface area (Å²) >= 11 is 0. The lowest BCUT2D eigenvalue weighted by Gasteiger charge is -2.30. The quantitative estimate of drug-likeness (QED) is 0.855. The van der Waals surface area contributed by atoms with Crippen molar-refractivity contribution in [2.75, 3.05) is 0 Å². The third kappa shape index (κ3) is 3.92. The van der Waals surface area contributed by atoms with Crippen molar-refractivity contribution < 1.29 is 9.90 Å². The molecule has 0 radical (unpaired) electrons. The number of aliphatic carboxylic acids is 1. The first kappa shape index (κ1) is 15.3. The Morgan fingerprint density at radius 3 is 1.76 bits per heavy atom. The number of benzene rings is 2. The molecule has 2 unspecified atom stereocenters. The second-order valence-electron chi connectivity index (χ2n) is 5.42. The summed E-state index contributed by atoms with van der Waals surface area (Å²) in [4.78, 5) is 11.2. The first-order valence-electron chi connectivity index (χ1n) is 7.17. The Balaban J connectivity index is 2.47. The third-order valence-corrected chi connectivity index (χ3v) is 3.83. The van der Waals surface area contributed by atoms with E-state index in [4.69, 9.17) is 5.73 Å². The topological polar surface area (TPSA) is 63.3 Å². The Kier molecular flexibility index (Phi) is 5.12. The average molecular weight is 283 g/mol.